The molecule has 3 aromatic rings. The Morgan fingerprint density at radius 1 is 0.920 bits per heavy atom. The lowest BCUT2D eigenvalue weighted by molar-refractivity contribution is 0.386. The highest BCUT2D eigenvalue weighted by Crippen LogP contribution is 2.24. The standard InChI is InChI=1S/C22H26N2O/c1-15-6-10-18(11-7-15)19-14-24(13-12-23(4)5)21-17(3)9-8-16(2)20(21)22(19)25/h6-11,14H,12-13H2,1-5H3. The number of hydrogen-bond acceptors (Lipinski definition) is 2. The highest BCUT2D eigenvalue weighted by molar-refractivity contribution is 5.89. The van der Waals surface area contributed by atoms with E-state index in [1.807, 2.05) is 31.3 Å². The molecular weight excluding hydrogens is 308 g/mol. The Hall–Kier alpha value is -2.39. The average molecular weight is 334 g/mol. The van der Waals surface area contributed by atoms with Gasteiger partial charge in [-0.25, -0.2) is 0 Å². The summed E-state index contributed by atoms with van der Waals surface area (Å²) in [5.41, 5.74) is 6.33. The molecule has 0 bridgehead atoms. The van der Waals surface area contributed by atoms with Crippen LogP contribution in [0.5, 0.6) is 0 Å². The van der Waals surface area contributed by atoms with Crippen LogP contribution < -0.4 is 5.43 Å². The van der Waals surface area contributed by atoms with E-state index in [0.29, 0.717) is 0 Å². The van der Waals surface area contributed by atoms with E-state index in [-0.39, 0.29) is 5.43 Å². The molecule has 0 fully saturated rings. The monoisotopic (exact) mass is 334 g/mol. The second-order valence-corrected chi connectivity index (χ2v) is 7.16. The predicted octanol–water partition coefficient (Wildman–Crippen LogP) is 4.16. The van der Waals surface area contributed by atoms with Crippen molar-refractivity contribution in [3.05, 3.63) is 69.5 Å². The third-order valence-corrected chi connectivity index (χ3v) is 4.78. The maximum absolute atomic E-state index is 13.3. The van der Waals surface area contributed by atoms with Gasteiger partial charge in [0.1, 0.15) is 0 Å². The number of pyridine rings is 1. The van der Waals surface area contributed by atoms with Gasteiger partial charge in [0.25, 0.3) is 0 Å². The highest BCUT2D eigenvalue weighted by Gasteiger charge is 2.14. The van der Waals surface area contributed by atoms with Gasteiger partial charge in [-0.3, -0.25) is 4.79 Å². The predicted molar refractivity (Wildman–Crippen MR) is 106 cm³/mol. The van der Waals surface area contributed by atoms with E-state index >= 15 is 0 Å². The van der Waals surface area contributed by atoms with E-state index < -0.39 is 0 Å². The van der Waals surface area contributed by atoms with Crippen molar-refractivity contribution in [3.63, 3.8) is 0 Å². The Balaban J connectivity index is 2.32. The molecule has 0 unspecified atom stereocenters. The number of rotatable bonds is 4. The number of nitrogens with zero attached hydrogens (tertiary/aromatic N) is 2. The normalized spacial score (nSPS) is 11.4. The van der Waals surface area contributed by atoms with Crippen molar-refractivity contribution in [2.75, 3.05) is 20.6 Å². The Morgan fingerprint density at radius 3 is 2.20 bits per heavy atom. The van der Waals surface area contributed by atoms with E-state index in [1.165, 1.54) is 5.56 Å². The van der Waals surface area contributed by atoms with Crippen LogP contribution in [0, 0.1) is 20.8 Å². The van der Waals surface area contributed by atoms with E-state index in [2.05, 4.69) is 55.6 Å². The summed E-state index contributed by atoms with van der Waals surface area (Å²) in [6.45, 7) is 7.95. The van der Waals surface area contributed by atoms with Gasteiger partial charge in [-0.2, -0.15) is 0 Å². The summed E-state index contributed by atoms with van der Waals surface area (Å²) >= 11 is 0. The third-order valence-electron chi connectivity index (χ3n) is 4.78. The molecule has 3 rings (SSSR count). The van der Waals surface area contributed by atoms with Crippen molar-refractivity contribution >= 4 is 10.9 Å². The van der Waals surface area contributed by atoms with E-state index in [0.717, 1.165) is 46.2 Å². The van der Waals surface area contributed by atoms with Crippen LogP contribution in [0.15, 0.2) is 47.4 Å². The van der Waals surface area contributed by atoms with Crippen molar-refractivity contribution in [2.24, 2.45) is 0 Å². The average Bonchev–Trinajstić information content (AvgIpc) is 2.58. The summed E-state index contributed by atoms with van der Waals surface area (Å²) in [7, 11) is 4.15. The molecule has 0 saturated heterocycles. The zero-order chi connectivity index (χ0) is 18.1. The molecule has 0 N–H and O–H groups in total. The zero-order valence-corrected chi connectivity index (χ0v) is 15.8. The molecule has 0 radical (unpaired) electrons. The first-order valence-corrected chi connectivity index (χ1v) is 8.73. The fourth-order valence-electron chi connectivity index (χ4n) is 3.29. The number of hydrogen-bond donors (Lipinski definition) is 0. The SMILES string of the molecule is Cc1ccc(-c2cn(CCN(C)C)c3c(C)ccc(C)c3c2=O)cc1. The minimum absolute atomic E-state index is 0.126. The Bertz CT molecular complexity index is 966. The number of fused-ring (bicyclic) bond motifs is 1. The first-order chi connectivity index (χ1) is 11.9. The number of benzene rings is 2. The fourth-order valence-corrected chi connectivity index (χ4v) is 3.29. The van der Waals surface area contributed by atoms with Gasteiger partial charge in [-0.15, -0.1) is 0 Å². The van der Waals surface area contributed by atoms with Gasteiger partial charge in [0.15, 0.2) is 5.43 Å². The second-order valence-electron chi connectivity index (χ2n) is 7.16. The third kappa shape index (κ3) is 3.38. The van der Waals surface area contributed by atoms with Gasteiger partial charge in [-0.1, -0.05) is 42.0 Å². The van der Waals surface area contributed by atoms with Gasteiger partial charge in [0.05, 0.1) is 5.52 Å². The molecule has 1 heterocycles. The molecule has 1 aromatic heterocycles. The minimum Gasteiger partial charge on any atom is -0.345 e. The summed E-state index contributed by atoms with van der Waals surface area (Å²) in [4.78, 5) is 15.4. The number of likely N-dealkylation sites (N-methyl/N-ethyl adjacent to an activating group) is 1. The molecule has 0 aliphatic carbocycles. The van der Waals surface area contributed by atoms with Crippen molar-refractivity contribution in [2.45, 2.75) is 27.3 Å². The van der Waals surface area contributed by atoms with Crippen molar-refractivity contribution in [3.8, 4) is 11.1 Å². The Labute approximate surface area is 149 Å². The van der Waals surface area contributed by atoms with Crippen LogP contribution in [0.4, 0.5) is 0 Å². The van der Waals surface area contributed by atoms with Gasteiger partial charge in [0.2, 0.25) is 0 Å². The maximum atomic E-state index is 13.3. The molecule has 130 valence electrons. The topological polar surface area (TPSA) is 25.2 Å². The quantitative estimate of drug-likeness (QED) is 0.716. The van der Waals surface area contributed by atoms with E-state index in [9.17, 15) is 4.79 Å². The lowest BCUT2D eigenvalue weighted by Gasteiger charge is -2.18. The van der Waals surface area contributed by atoms with Crippen LogP contribution >= 0.6 is 0 Å². The highest BCUT2D eigenvalue weighted by atomic mass is 16.1. The summed E-state index contributed by atoms with van der Waals surface area (Å²) in [5, 5.41) is 0.844. The van der Waals surface area contributed by atoms with Crippen molar-refractivity contribution in [1.82, 2.24) is 9.47 Å². The second kappa shape index (κ2) is 6.85. The first-order valence-electron chi connectivity index (χ1n) is 8.73. The molecule has 0 aliphatic heterocycles. The fraction of sp³-hybridized carbons (Fsp3) is 0.318. The van der Waals surface area contributed by atoms with Gasteiger partial charge >= 0.3 is 0 Å². The number of aromatic nitrogens is 1. The lowest BCUT2D eigenvalue weighted by atomic mass is 9.99. The first kappa shape index (κ1) is 17.4. The van der Waals surface area contributed by atoms with E-state index in [4.69, 9.17) is 0 Å². The van der Waals surface area contributed by atoms with Crippen LogP contribution in [0.25, 0.3) is 22.0 Å². The van der Waals surface area contributed by atoms with Crippen LogP contribution in [0.2, 0.25) is 0 Å². The largest absolute Gasteiger partial charge is 0.345 e. The molecule has 0 atom stereocenters. The van der Waals surface area contributed by atoms with Gasteiger partial charge < -0.3 is 9.47 Å². The summed E-state index contributed by atoms with van der Waals surface area (Å²) in [6.07, 6.45) is 2.03. The van der Waals surface area contributed by atoms with Gasteiger partial charge in [0, 0.05) is 30.2 Å². The molecule has 3 heteroatoms. The van der Waals surface area contributed by atoms with Crippen LogP contribution in [0.1, 0.15) is 16.7 Å². The van der Waals surface area contributed by atoms with Crippen LogP contribution in [0.3, 0.4) is 0 Å². The maximum Gasteiger partial charge on any atom is 0.197 e. The molecular formula is C22H26N2O. The molecule has 0 saturated carbocycles. The van der Waals surface area contributed by atoms with Crippen LogP contribution in [-0.2, 0) is 6.54 Å². The van der Waals surface area contributed by atoms with Crippen molar-refractivity contribution < 1.29 is 0 Å². The smallest absolute Gasteiger partial charge is 0.197 e. The minimum atomic E-state index is 0.126. The number of aryl methyl sites for hydroxylation is 3. The molecule has 2 aromatic carbocycles. The molecule has 3 nitrogen and oxygen atoms in total. The lowest BCUT2D eigenvalue weighted by Crippen LogP contribution is -2.21. The van der Waals surface area contributed by atoms with Crippen LogP contribution in [-0.4, -0.2) is 30.1 Å². The molecule has 0 spiro atoms. The molecule has 25 heavy (non-hydrogen) atoms. The molecule has 0 amide bonds. The Morgan fingerprint density at radius 2 is 1.56 bits per heavy atom. The summed E-state index contributed by atoms with van der Waals surface area (Å²) < 4.78 is 2.24. The van der Waals surface area contributed by atoms with Gasteiger partial charge in [-0.05, 0) is 51.6 Å². The van der Waals surface area contributed by atoms with Crippen molar-refractivity contribution in [1.29, 1.82) is 0 Å². The Kier molecular flexibility index (Phi) is 4.78. The molecule has 0 aliphatic rings. The zero-order valence-electron chi connectivity index (χ0n) is 15.8. The summed E-state index contributed by atoms with van der Waals surface area (Å²) in [5.74, 6) is 0. The summed E-state index contributed by atoms with van der Waals surface area (Å²) in [6, 6.07) is 12.4. The van der Waals surface area contributed by atoms with E-state index in [1.54, 1.807) is 0 Å².